The standard InChI is InChI=1S/C20H14N2/c1-2-6-15(7-3-1)22-13-12-14-10-11-18-19(20(14)22)16-8-4-5-9-17(16)21-18/h1-13,21H. The van der Waals surface area contributed by atoms with Crippen LogP contribution in [-0.4, -0.2) is 9.55 Å². The van der Waals surface area contributed by atoms with Gasteiger partial charge in [0.15, 0.2) is 0 Å². The van der Waals surface area contributed by atoms with Gasteiger partial charge in [-0.3, -0.25) is 0 Å². The van der Waals surface area contributed by atoms with Crippen molar-refractivity contribution in [2.24, 2.45) is 0 Å². The van der Waals surface area contributed by atoms with Crippen molar-refractivity contribution in [3.05, 3.63) is 79.0 Å². The zero-order valence-corrected chi connectivity index (χ0v) is 12.0. The topological polar surface area (TPSA) is 20.7 Å². The Kier molecular flexibility index (Phi) is 2.25. The molecule has 0 unspecified atom stereocenters. The Hall–Kier alpha value is -3.00. The Balaban J connectivity index is 2.01. The molecule has 5 rings (SSSR count). The molecule has 104 valence electrons. The molecule has 0 aliphatic heterocycles. The van der Waals surface area contributed by atoms with Gasteiger partial charge < -0.3 is 9.55 Å². The summed E-state index contributed by atoms with van der Waals surface area (Å²) in [6.07, 6.45) is 2.15. The second kappa shape index (κ2) is 4.25. The molecule has 0 spiro atoms. The first-order valence-corrected chi connectivity index (χ1v) is 7.48. The first-order valence-electron chi connectivity index (χ1n) is 7.48. The normalized spacial score (nSPS) is 11.6. The quantitative estimate of drug-likeness (QED) is 0.432. The van der Waals surface area contributed by atoms with Crippen molar-refractivity contribution in [3.8, 4) is 5.69 Å². The summed E-state index contributed by atoms with van der Waals surface area (Å²) in [7, 11) is 0. The van der Waals surface area contributed by atoms with E-state index in [1.165, 1.54) is 38.4 Å². The first kappa shape index (κ1) is 11.6. The van der Waals surface area contributed by atoms with Crippen molar-refractivity contribution in [2.75, 3.05) is 0 Å². The third-order valence-corrected chi connectivity index (χ3v) is 4.35. The molecule has 3 aromatic carbocycles. The zero-order valence-electron chi connectivity index (χ0n) is 12.0. The third-order valence-electron chi connectivity index (χ3n) is 4.35. The van der Waals surface area contributed by atoms with Gasteiger partial charge in [0.05, 0.1) is 5.52 Å². The molecule has 0 amide bonds. The fourth-order valence-electron chi connectivity index (χ4n) is 3.37. The molecule has 5 aromatic rings. The van der Waals surface area contributed by atoms with Gasteiger partial charge >= 0.3 is 0 Å². The van der Waals surface area contributed by atoms with Gasteiger partial charge in [-0.2, -0.15) is 0 Å². The van der Waals surface area contributed by atoms with E-state index < -0.39 is 0 Å². The van der Waals surface area contributed by atoms with Crippen molar-refractivity contribution < 1.29 is 0 Å². The van der Waals surface area contributed by atoms with Crippen LogP contribution in [0.4, 0.5) is 0 Å². The zero-order chi connectivity index (χ0) is 14.5. The predicted octanol–water partition coefficient (Wildman–Crippen LogP) is 5.27. The fraction of sp³-hybridized carbons (Fsp3) is 0. The molecule has 0 bridgehead atoms. The fourth-order valence-corrected chi connectivity index (χ4v) is 3.37. The Morgan fingerprint density at radius 1 is 0.682 bits per heavy atom. The van der Waals surface area contributed by atoms with Crippen LogP contribution in [0.3, 0.4) is 0 Å². The highest BCUT2D eigenvalue weighted by molar-refractivity contribution is 6.19. The molecule has 2 nitrogen and oxygen atoms in total. The van der Waals surface area contributed by atoms with Crippen LogP contribution < -0.4 is 0 Å². The lowest BCUT2D eigenvalue weighted by Crippen LogP contribution is -1.91. The molecule has 2 heterocycles. The van der Waals surface area contributed by atoms with Gasteiger partial charge in [-0.05, 0) is 30.3 Å². The van der Waals surface area contributed by atoms with Crippen LogP contribution in [0.5, 0.6) is 0 Å². The van der Waals surface area contributed by atoms with Crippen LogP contribution in [-0.2, 0) is 0 Å². The minimum atomic E-state index is 1.18. The van der Waals surface area contributed by atoms with Crippen LogP contribution in [0, 0.1) is 0 Å². The highest BCUT2D eigenvalue weighted by Crippen LogP contribution is 2.33. The van der Waals surface area contributed by atoms with Crippen molar-refractivity contribution in [3.63, 3.8) is 0 Å². The number of hydrogen-bond donors (Lipinski definition) is 1. The number of fused-ring (bicyclic) bond motifs is 5. The summed E-state index contributed by atoms with van der Waals surface area (Å²) in [6, 6.07) is 25.6. The van der Waals surface area contributed by atoms with Crippen molar-refractivity contribution in [2.45, 2.75) is 0 Å². The molecule has 22 heavy (non-hydrogen) atoms. The minimum Gasteiger partial charge on any atom is -0.354 e. The number of hydrogen-bond acceptors (Lipinski definition) is 0. The summed E-state index contributed by atoms with van der Waals surface area (Å²) in [5.74, 6) is 0. The number of aromatic amines is 1. The molecule has 1 N–H and O–H groups in total. The summed E-state index contributed by atoms with van der Waals surface area (Å²) >= 11 is 0. The Bertz CT molecular complexity index is 1110. The van der Waals surface area contributed by atoms with E-state index in [9.17, 15) is 0 Å². The van der Waals surface area contributed by atoms with Gasteiger partial charge in [-0.15, -0.1) is 0 Å². The van der Waals surface area contributed by atoms with Gasteiger partial charge in [0, 0.05) is 39.1 Å². The lowest BCUT2D eigenvalue weighted by atomic mass is 10.1. The van der Waals surface area contributed by atoms with Crippen LogP contribution >= 0.6 is 0 Å². The van der Waals surface area contributed by atoms with Crippen LogP contribution in [0.25, 0.3) is 38.4 Å². The summed E-state index contributed by atoms with van der Waals surface area (Å²) in [6.45, 7) is 0. The van der Waals surface area contributed by atoms with Crippen molar-refractivity contribution in [1.29, 1.82) is 0 Å². The summed E-state index contributed by atoms with van der Waals surface area (Å²) in [5.41, 5.74) is 4.83. The van der Waals surface area contributed by atoms with Crippen molar-refractivity contribution >= 4 is 32.7 Å². The van der Waals surface area contributed by atoms with Crippen LogP contribution in [0.2, 0.25) is 0 Å². The molecular weight excluding hydrogens is 268 g/mol. The van der Waals surface area contributed by atoms with E-state index in [4.69, 9.17) is 0 Å². The highest BCUT2D eigenvalue weighted by Gasteiger charge is 2.11. The third kappa shape index (κ3) is 1.49. The monoisotopic (exact) mass is 282 g/mol. The average molecular weight is 282 g/mol. The van der Waals surface area contributed by atoms with E-state index in [1.807, 2.05) is 0 Å². The Labute approximate surface area is 127 Å². The highest BCUT2D eigenvalue weighted by atomic mass is 15.0. The van der Waals surface area contributed by atoms with Gasteiger partial charge in [0.25, 0.3) is 0 Å². The SMILES string of the molecule is c1ccc(-n2ccc3ccc4[nH]c5ccccc5c4c32)cc1. The Morgan fingerprint density at radius 2 is 1.50 bits per heavy atom. The minimum absolute atomic E-state index is 1.18. The van der Waals surface area contributed by atoms with Gasteiger partial charge in [-0.1, -0.05) is 42.5 Å². The molecular formula is C20H14N2. The maximum absolute atomic E-state index is 3.53. The maximum Gasteiger partial charge on any atom is 0.0628 e. The van der Waals surface area contributed by atoms with Gasteiger partial charge in [-0.25, -0.2) is 0 Å². The number of para-hydroxylation sites is 2. The smallest absolute Gasteiger partial charge is 0.0628 e. The van der Waals surface area contributed by atoms with E-state index in [0.717, 1.165) is 0 Å². The molecule has 0 atom stereocenters. The molecule has 0 aliphatic rings. The molecule has 0 aliphatic carbocycles. The van der Waals surface area contributed by atoms with E-state index >= 15 is 0 Å². The largest absolute Gasteiger partial charge is 0.354 e. The summed E-state index contributed by atoms with van der Waals surface area (Å²) < 4.78 is 2.28. The van der Waals surface area contributed by atoms with Crippen LogP contribution in [0.15, 0.2) is 79.0 Å². The lowest BCUT2D eigenvalue weighted by Gasteiger charge is -2.06. The van der Waals surface area contributed by atoms with E-state index in [1.54, 1.807) is 0 Å². The first-order chi connectivity index (χ1) is 10.9. The molecule has 2 aromatic heterocycles. The molecule has 0 radical (unpaired) electrons. The van der Waals surface area contributed by atoms with Crippen LogP contribution in [0.1, 0.15) is 0 Å². The number of aromatic nitrogens is 2. The van der Waals surface area contributed by atoms with Gasteiger partial charge in [0.2, 0.25) is 0 Å². The molecule has 2 heteroatoms. The average Bonchev–Trinajstić information content (AvgIpc) is 3.16. The summed E-state index contributed by atoms with van der Waals surface area (Å²) in [4.78, 5) is 3.53. The van der Waals surface area contributed by atoms with Crippen molar-refractivity contribution in [1.82, 2.24) is 9.55 Å². The summed E-state index contributed by atoms with van der Waals surface area (Å²) in [5, 5.41) is 3.84. The molecule has 0 fully saturated rings. The van der Waals surface area contributed by atoms with E-state index in [-0.39, 0.29) is 0 Å². The van der Waals surface area contributed by atoms with E-state index in [2.05, 4.69) is 88.5 Å². The molecule has 0 saturated carbocycles. The van der Waals surface area contributed by atoms with E-state index in [0.29, 0.717) is 0 Å². The second-order valence-electron chi connectivity index (χ2n) is 5.62. The molecule has 0 saturated heterocycles. The maximum atomic E-state index is 3.53. The number of H-pyrrole nitrogens is 1. The Morgan fingerprint density at radius 3 is 2.41 bits per heavy atom. The van der Waals surface area contributed by atoms with Gasteiger partial charge in [0.1, 0.15) is 0 Å². The number of nitrogens with one attached hydrogen (secondary N) is 1. The number of rotatable bonds is 1. The second-order valence-corrected chi connectivity index (χ2v) is 5.62. The predicted molar refractivity (Wildman–Crippen MR) is 92.6 cm³/mol. The number of benzene rings is 3. The number of nitrogens with zero attached hydrogens (tertiary/aromatic N) is 1. The lowest BCUT2D eigenvalue weighted by molar-refractivity contribution is 1.13.